The maximum atomic E-state index is 12.8. The zero-order valence-electron chi connectivity index (χ0n) is 41.6. The van der Waals surface area contributed by atoms with E-state index >= 15 is 0 Å². The fourth-order valence-electron chi connectivity index (χ4n) is 8.07. The van der Waals surface area contributed by atoms with Gasteiger partial charge in [0.2, 0.25) is 0 Å². The van der Waals surface area contributed by atoms with Crippen LogP contribution in [-0.2, 0) is 28.6 Å². The molecule has 8 heteroatoms. The highest BCUT2D eigenvalue weighted by Gasteiger charge is 2.31. The van der Waals surface area contributed by atoms with Gasteiger partial charge in [-0.25, -0.2) is 4.79 Å². The lowest BCUT2D eigenvalue weighted by atomic mass is 10.0. The van der Waals surface area contributed by atoms with Crippen LogP contribution in [0.5, 0.6) is 0 Å². The first-order chi connectivity index (χ1) is 30.1. The number of carboxylic acids is 1. The highest BCUT2D eigenvalue weighted by Crippen LogP contribution is 2.17. The molecule has 0 spiro atoms. The van der Waals surface area contributed by atoms with Crippen molar-refractivity contribution in [3.8, 4) is 0 Å². The van der Waals surface area contributed by atoms with Gasteiger partial charge in [0.15, 0.2) is 12.1 Å². The van der Waals surface area contributed by atoms with Crippen LogP contribution in [0.4, 0.5) is 0 Å². The minimum absolute atomic E-state index is 0.0453. The number of nitrogens with zero attached hydrogens (tertiary/aromatic N) is 1. The van der Waals surface area contributed by atoms with E-state index in [1.165, 1.54) is 167 Å². The van der Waals surface area contributed by atoms with Crippen molar-refractivity contribution in [3.63, 3.8) is 0 Å². The SMILES string of the molecule is CC/C=C/C/C=C/CCCCCCCCCCCCCCCCC(=O)OCC(COCCC(C(=O)O)[N+](C)(C)C)OC(=O)CCCCCCCCCCCCCCCCCCC. The van der Waals surface area contributed by atoms with Crippen LogP contribution in [-0.4, -0.2) is 80.6 Å². The first kappa shape index (κ1) is 59.8. The van der Waals surface area contributed by atoms with Crippen LogP contribution >= 0.6 is 0 Å². The molecule has 0 saturated heterocycles. The number of allylic oxidation sites excluding steroid dienone is 4. The van der Waals surface area contributed by atoms with E-state index in [4.69, 9.17) is 14.2 Å². The summed E-state index contributed by atoms with van der Waals surface area (Å²) in [6.45, 7) is 4.68. The summed E-state index contributed by atoms with van der Waals surface area (Å²) >= 11 is 0. The van der Waals surface area contributed by atoms with Gasteiger partial charge in [-0.15, -0.1) is 0 Å². The van der Waals surface area contributed by atoms with Crippen molar-refractivity contribution in [2.24, 2.45) is 0 Å². The maximum Gasteiger partial charge on any atom is 0.362 e. The Balaban J connectivity index is 4.17. The Hall–Kier alpha value is -2.19. The molecule has 0 aromatic carbocycles. The third-order valence-corrected chi connectivity index (χ3v) is 12.1. The zero-order chi connectivity index (χ0) is 45.6. The largest absolute Gasteiger partial charge is 0.477 e. The van der Waals surface area contributed by atoms with Gasteiger partial charge in [-0.2, -0.15) is 0 Å². The number of esters is 2. The van der Waals surface area contributed by atoms with Crippen molar-refractivity contribution in [3.05, 3.63) is 24.3 Å². The normalized spacial score (nSPS) is 13.0. The van der Waals surface area contributed by atoms with Crippen LogP contribution in [0, 0.1) is 0 Å². The van der Waals surface area contributed by atoms with Gasteiger partial charge in [0, 0.05) is 19.3 Å². The number of rotatable bonds is 48. The maximum absolute atomic E-state index is 12.8. The second-order valence-corrected chi connectivity index (χ2v) is 19.1. The molecule has 62 heavy (non-hydrogen) atoms. The van der Waals surface area contributed by atoms with Crippen LogP contribution in [0.2, 0.25) is 0 Å². The monoisotopic (exact) mass is 877 g/mol. The van der Waals surface area contributed by atoms with Gasteiger partial charge in [-0.1, -0.05) is 218 Å². The molecule has 0 aliphatic carbocycles. The van der Waals surface area contributed by atoms with Gasteiger partial charge in [0.05, 0.1) is 34.4 Å². The molecule has 1 N–H and O–H groups in total. The number of unbranched alkanes of at least 4 members (excludes halogenated alkanes) is 30. The predicted molar refractivity (Wildman–Crippen MR) is 262 cm³/mol. The average molecular weight is 877 g/mol. The van der Waals surface area contributed by atoms with E-state index in [-0.39, 0.29) is 36.2 Å². The van der Waals surface area contributed by atoms with E-state index in [0.29, 0.717) is 19.3 Å². The molecule has 0 amide bonds. The summed E-state index contributed by atoms with van der Waals surface area (Å²) < 4.78 is 17.4. The van der Waals surface area contributed by atoms with Crippen LogP contribution in [0.25, 0.3) is 0 Å². The molecule has 0 radical (unpaired) electrons. The Bertz CT molecular complexity index is 1070. The highest BCUT2D eigenvalue weighted by atomic mass is 16.6. The lowest BCUT2D eigenvalue weighted by molar-refractivity contribution is -0.887. The van der Waals surface area contributed by atoms with Crippen LogP contribution < -0.4 is 0 Å². The Kier molecular flexibility index (Phi) is 43.8. The van der Waals surface area contributed by atoms with Gasteiger partial charge in [-0.3, -0.25) is 9.59 Å². The smallest absolute Gasteiger partial charge is 0.362 e. The molecule has 8 nitrogen and oxygen atoms in total. The Labute approximate surface area is 383 Å². The lowest BCUT2D eigenvalue weighted by Gasteiger charge is -2.31. The molecule has 0 bridgehead atoms. The summed E-state index contributed by atoms with van der Waals surface area (Å²) in [6, 6.07) is -0.611. The molecule has 2 atom stereocenters. The zero-order valence-corrected chi connectivity index (χ0v) is 41.6. The van der Waals surface area contributed by atoms with E-state index in [9.17, 15) is 19.5 Å². The molecule has 364 valence electrons. The summed E-state index contributed by atoms with van der Waals surface area (Å²) in [6.07, 6.45) is 52.3. The number of hydrogen-bond acceptors (Lipinski definition) is 6. The van der Waals surface area contributed by atoms with Crippen LogP contribution in [0.1, 0.15) is 251 Å². The third kappa shape index (κ3) is 43.1. The van der Waals surface area contributed by atoms with Crippen molar-refractivity contribution in [1.29, 1.82) is 0 Å². The third-order valence-electron chi connectivity index (χ3n) is 12.1. The van der Waals surface area contributed by atoms with E-state index in [1.807, 2.05) is 21.1 Å². The van der Waals surface area contributed by atoms with E-state index in [2.05, 4.69) is 38.2 Å². The first-order valence-electron chi connectivity index (χ1n) is 26.4. The van der Waals surface area contributed by atoms with Gasteiger partial charge in [0.1, 0.15) is 6.61 Å². The summed E-state index contributed by atoms with van der Waals surface area (Å²) in [5.41, 5.74) is 0. The molecule has 0 saturated carbocycles. The van der Waals surface area contributed by atoms with Crippen molar-refractivity contribution in [2.75, 3.05) is 41.0 Å². The van der Waals surface area contributed by atoms with Crippen LogP contribution in [0.15, 0.2) is 24.3 Å². The Morgan fingerprint density at radius 2 is 0.903 bits per heavy atom. The molecular weight excluding hydrogens is 775 g/mol. The number of likely N-dealkylation sites (N-methyl/N-ethyl adjacent to an activating group) is 1. The van der Waals surface area contributed by atoms with Gasteiger partial charge < -0.3 is 23.8 Å². The van der Waals surface area contributed by atoms with Gasteiger partial charge >= 0.3 is 17.9 Å². The highest BCUT2D eigenvalue weighted by molar-refractivity contribution is 5.72. The van der Waals surface area contributed by atoms with Gasteiger partial charge in [0.25, 0.3) is 0 Å². The topological polar surface area (TPSA) is 99.1 Å². The number of carbonyl (C=O) groups is 3. The summed E-state index contributed by atoms with van der Waals surface area (Å²) in [4.78, 5) is 37.2. The van der Waals surface area contributed by atoms with Gasteiger partial charge in [-0.05, 0) is 38.5 Å². The minimum Gasteiger partial charge on any atom is -0.477 e. The molecule has 0 aromatic rings. The fourth-order valence-corrected chi connectivity index (χ4v) is 8.07. The number of ether oxygens (including phenoxy) is 3. The number of hydrogen-bond donors (Lipinski definition) is 1. The second kappa shape index (κ2) is 45.4. The number of carbonyl (C=O) groups excluding carboxylic acids is 2. The number of quaternary nitrogens is 1. The van der Waals surface area contributed by atoms with Crippen molar-refractivity contribution < 1.29 is 38.2 Å². The number of carboxylic acid groups (broad SMARTS) is 1. The van der Waals surface area contributed by atoms with Crippen LogP contribution in [0.3, 0.4) is 0 Å². The first-order valence-corrected chi connectivity index (χ1v) is 26.4. The molecule has 0 fully saturated rings. The molecular formula is C54H102NO7+. The lowest BCUT2D eigenvalue weighted by Crippen LogP contribution is -2.50. The molecule has 0 aliphatic heterocycles. The molecule has 0 rings (SSSR count). The summed E-state index contributed by atoms with van der Waals surface area (Å²) in [5.74, 6) is -1.45. The predicted octanol–water partition coefficient (Wildman–Crippen LogP) is 15.2. The van der Waals surface area contributed by atoms with E-state index < -0.39 is 18.1 Å². The van der Waals surface area contributed by atoms with Crippen molar-refractivity contribution in [1.82, 2.24) is 0 Å². The van der Waals surface area contributed by atoms with E-state index in [0.717, 1.165) is 51.4 Å². The average Bonchev–Trinajstić information content (AvgIpc) is 3.23. The summed E-state index contributed by atoms with van der Waals surface area (Å²) in [7, 11) is 5.55. The number of aliphatic carboxylic acids is 1. The standard InChI is InChI=1S/C54H101NO7/c1-6-8-10-12-14-16-18-20-22-24-25-26-27-29-30-32-34-36-38-40-42-44-52(56)61-49-50(48-60-47-46-51(54(58)59)55(3,4)5)62-53(57)45-43-41-39-37-35-33-31-28-23-21-19-17-15-13-11-9-7-2/h8,10,14,16,50-51H,6-7,9,11-13,15,17-49H2,1-5H3/p+1/b10-8+,16-14+. The molecule has 2 unspecified atom stereocenters. The van der Waals surface area contributed by atoms with Crippen molar-refractivity contribution in [2.45, 2.75) is 264 Å². The minimum atomic E-state index is -0.871. The Morgan fingerprint density at radius 3 is 1.32 bits per heavy atom. The molecule has 0 aliphatic rings. The molecule has 0 heterocycles. The fraction of sp³-hybridized carbons (Fsp3) is 0.870. The van der Waals surface area contributed by atoms with Crippen molar-refractivity contribution >= 4 is 17.9 Å². The quantitative estimate of drug-likeness (QED) is 0.0281. The molecule has 0 aromatic heterocycles. The second-order valence-electron chi connectivity index (χ2n) is 19.1. The Morgan fingerprint density at radius 1 is 0.500 bits per heavy atom. The van der Waals surface area contributed by atoms with E-state index in [1.54, 1.807) is 0 Å². The summed E-state index contributed by atoms with van der Waals surface area (Å²) in [5, 5.41) is 9.66.